The number of halogens is 2. The largest absolute Gasteiger partial charge is 0.390 e. The van der Waals surface area contributed by atoms with E-state index in [0.717, 1.165) is 31.2 Å². The molecule has 0 bridgehead atoms. The van der Waals surface area contributed by atoms with Crippen molar-refractivity contribution in [3.8, 4) is 0 Å². The minimum absolute atomic E-state index is 0. The number of hydrogen-bond donors (Lipinski definition) is 4. The molecule has 0 spiro atoms. The molecule has 0 aromatic heterocycles. The number of carbonyl (C=O) groups is 1. The molecule has 11 heteroatoms. The molecule has 8 nitrogen and oxygen atoms in total. The summed E-state index contributed by atoms with van der Waals surface area (Å²) < 4.78 is 27.0. The van der Waals surface area contributed by atoms with E-state index in [1.54, 1.807) is 24.3 Å². The monoisotopic (exact) mass is 642 g/mol. The van der Waals surface area contributed by atoms with E-state index < -0.39 is 22.2 Å². The van der Waals surface area contributed by atoms with Gasteiger partial charge in [-0.25, -0.2) is 8.42 Å². The molecular weight excluding hydrogens is 595 g/mol. The molecule has 0 saturated carbocycles. The van der Waals surface area contributed by atoms with Crippen molar-refractivity contribution in [2.24, 2.45) is 5.92 Å². The number of aliphatic hydroxyl groups is 1. The van der Waals surface area contributed by atoms with Gasteiger partial charge in [-0.15, -0.1) is 12.4 Å². The highest BCUT2D eigenvalue weighted by Crippen LogP contribution is 2.28. The van der Waals surface area contributed by atoms with Crippen molar-refractivity contribution in [2.45, 2.75) is 84.4 Å². The molecule has 1 fully saturated rings. The van der Waals surface area contributed by atoms with Crippen LogP contribution in [0.3, 0.4) is 0 Å². The van der Waals surface area contributed by atoms with E-state index in [-0.39, 0.29) is 30.1 Å². The van der Waals surface area contributed by atoms with E-state index in [4.69, 9.17) is 11.6 Å². The fraction of sp³-hybridized carbons (Fsp3) is 0.581. The first kappa shape index (κ1) is 36.2. The van der Waals surface area contributed by atoms with Crippen LogP contribution >= 0.6 is 24.0 Å². The fourth-order valence-electron chi connectivity index (χ4n) is 5.11. The van der Waals surface area contributed by atoms with E-state index in [1.165, 1.54) is 4.31 Å². The second-order valence-corrected chi connectivity index (χ2v) is 13.9. The standard InChI is InChI=1S/C31H47ClN4O4S.ClH/c1-5-33-26-17-25(18-27(20-26)36-15-8-9-16-41(36,39)40)31(38)35-29(19-24-13-6-7-14-28(24)32)30(37)21-34-23(4)12-10-11-22(2)3;/h6-7,13-14,17-18,20,22-23,29-30,33-34,37H,5,8-12,15-16,19,21H2,1-4H3,(H,35,38);1H/t23?,29-,30+;/m0./s1. The van der Waals surface area contributed by atoms with Crippen LogP contribution in [0, 0.1) is 5.92 Å². The van der Waals surface area contributed by atoms with Gasteiger partial charge in [-0.05, 0) is 75.3 Å². The first-order valence-electron chi connectivity index (χ1n) is 14.8. The lowest BCUT2D eigenvalue weighted by Crippen LogP contribution is -2.50. The van der Waals surface area contributed by atoms with Crippen LogP contribution in [0.2, 0.25) is 5.02 Å². The number of carbonyl (C=O) groups excluding carboxylic acids is 1. The molecular formula is C31H48Cl2N4O4S. The normalized spacial score (nSPS) is 16.8. The highest BCUT2D eigenvalue weighted by Gasteiger charge is 2.28. The van der Waals surface area contributed by atoms with E-state index >= 15 is 0 Å². The number of rotatable bonds is 15. The van der Waals surface area contributed by atoms with Crippen LogP contribution in [0.25, 0.3) is 0 Å². The molecule has 1 saturated heterocycles. The molecule has 3 atom stereocenters. The Hall–Kier alpha value is -2.04. The van der Waals surface area contributed by atoms with Crippen molar-refractivity contribution in [3.63, 3.8) is 0 Å². The summed E-state index contributed by atoms with van der Waals surface area (Å²) in [6.07, 6.45) is 4.14. The van der Waals surface area contributed by atoms with E-state index in [9.17, 15) is 18.3 Å². The molecule has 0 aliphatic carbocycles. The predicted molar refractivity (Wildman–Crippen MR) is 177 cm³/mol. The lowest BCUT2D eigenvalue weighted by Gasteiger charge is -2.29. The maximum absolute atomic E-state index is 13.7. The zero-order valence-corrected chi connectivity index (χ0v) is 27.6. The van der Waals surface area contributed by atoms with Gasteiger partial charge in [-0.2, -0.15) is 0 Å². The SMILES string of the molecule is CCNc1cc(C(=O)N[C@@H](Cc2ccccc2Cl)[C@H](O)CNC(C)CCCC(C)C)cc(N2CCCCS2(=O)=O)c1.Cl. The van der Waals surface area contributed by atoms with Gasteiger partial charge in [0.05, 0.1) is 23.6 Å². The molecule has 1 amide bonds. The van der Waals surface area contributed by atoms with Gasteiger partial charge in [0.15, 0.2) is 0 Å². The summed E-state index contributed by atoms with van der Waals surface area (Å²) in [5.74, 6) is 0.362. The smallest absolute Gasteiger partial charge is 0.251 e. The molecule has 42 heavy (non-hydrogen) atoms. The number of nitrogens with zero attached hydrogens (tertiary/aromatic N) is 1. The van der Waals surface area contributed by atoms with Gasteiger partial charge in [-0.3, -0.25) is 9.10 Å². The van der Waals surface area contributed by atoms with Gasteiger partial charge in [0.1, 0.15) is 0 Å². The predicted octanol–water partition coefficient (Wildman–Crippen LogP) is 5.63. The third kappa shape index (κ3) is 10.9. The van der Waals surface area contributed by atoms with E-state index in [2.05, 4.69) is 36.7 Å². The average molecular weight is 644 g/mol. The summed E-state index contributed by atoms with van der Waals surface area (Å²) in [4.78, 5) is 13.7. The summed E-state index contributed by atoms with van der Waals surface area (Å²) in [6.45, 7) is 9.79. The fourth-order valence-corrected chi connectivity index (χ4v) is 6.94. The van der Waals surface area contributed by atoms with Crippen molar-refractivity contribution in [3.05, 3.63) is 58.6 Å². The summed E-state index contributed by atoms with van der Waals surface area (Å²) in [7, 11) is -3.45. The Kier molecular flexibility index (Phi) is 14.9. The topological polar surface area (TPSA) is 111 Å². The third-order valence-corrected chi connectivity index (χ3v) is 9.71. The van der Waals surface area contributed by atoms with Crippen LogP contribution in [0.5, 0.6) is 0 Å². The second kappa shape index (κ2) is 17.3. The first-order chi connectivity index (χ1) is 19.5. The Morgan fingerprint density at radius 1 is 1.10 bits per heavy atom. The minimum Gasteiger partial charge on any atom is -0.390 e. The van der Waals surface area contributed by atoms with Crippen LogP contribution in [-0.4, -0.2) is 63.0 Å². The van der Waals surface area contributed by atoms with Gasteiger partial charge >= 0.3 is 0 Å². The number of nitrogens with one attached hydrogen (secondary N) is 3. The first-order valence-corrected chi connectivity index (χ1v) is 16.8. The summed E-state index contributed by atoms with van der Waals surface area (Å²) >= 11 is 6.45. The lowest BCUT2D eigenvalue weighted by molar-refractivity contribution is 0.0825. The third-order valence-electron chi connectivity index (χ3n) is 7.47. The molecule has 1 aliphatic rings. The highest BCUT2D eigenvalue weighted by molar-refractivity contribution is 7.92. The lowest BCUT2D eigenvalue weighted by atomic mass is 9.99. The zero-order valence-electron chi connectivity index (χ0n) is 25.2. The summed E-state index contributed by atoms with van der Waals surface area (Å²) in [6, 6.07) is 12.1. The van der Waals surface area contributed by atoms with Crippen molar-refractivity contribution in [2.75, 3.05) is 35.0 Å². The van der Waals surface area contributed by atoms with Gasteiger partial charge < -0.3 is 21.1 Å². The molecule has 1 unspecified atom stereocenters. The van der Waals surface area contributed by atoms with Crippen LogP contribution < -0.4 is 20.3 Å². The Bertz CT molecular complexity index is 1250. The number of hydrogen-bond acceptors (Lipinski definition) is 6. The average Bonchev–Trinajstić information content (AvgIpc) is 2.92. The number of aliphatic hydroxyl groups excluding tert-OH is 1. The van der Waals surface area contributed by atoms with Crippen molar-refractivity contribution >= 4 is 51.3 Å². The Morgan fingerprint density at radius 2 is 1.83 bits per heavy atom. The maximum atomic E-state index is 13.7. The quantitative estimate of drug-likeness (QED) is 0.200. The molecule has 236 valence electrons. The number of sulfonamides is 1. The minimum atomic E-state index is -3.45. The summed E-state index contributed by atoms with van der Waals surface area (Å²) in [5.41, 5.74) is 2.28. The Morgan fingerprint density at radius 3 is 2.50 bits per heavy atom. The zero-order chi connectivity index (χ0) is 30.0. The Labute approximate surface area is 263 Å². The van der Waals surface area contributed by atoms with Crippen molar-refractivity contribution in [1.29, 1.82) is 0 Å². The molecule has 0 radical (unpaired) electrons. The molecule has 1 heterocycles. The van der Waals surface area contributed by atoms with Gasteiger partial charge in [0.25, 0.3) is 5.91 Å². The maximum Gasteiger partial charge on any atom is 0.251 e. The van der Waals surface area contributed by atoms with Crippen LogP contribution in [-0.2, 0) is 16.4 Å². The van der Waals surface area contributed by atoms with E-state index in [1.807, 2.05) is 25.1 Å². The van der Waals surface area contributed by atoms with Gasteiger partial charge in [0.2, 0.25) is 10.0 Å². The summed E-state index contributed by atoms with van der Waals surface area (Å²) in [5, 5.41) is 21.5. The number of anilines is 2. The number of benzene rings is 2. The second-order valence-electron chi connectivity index (χ2n) is 11.5. The van der Waals surface area contributed by atoms with E-state index in [0.29, 0.717) is 60.4 Å². The van der Waals surface area contributed by atoms with Crippen molar-refractivity contribution in [1.82, 2.24) is 10.6 Å². The molecule has 3 rings (SSSR count). The van der Waals surface area contributed by atoms with Crippen molar-refractivity contribution < 1.29 is 18.3 Å². The van der Waals surface area contributed by atoms with Crippen LogP contribution in [0.4, 0.5) is 11.4 Å². The van der Waals surface area contributed by atoms with Crippen LogP contribution in [0.15, 0.2) is 42.5 Å². The molecule has 1 aliphatic heterocycles. The number of amides is 1. The van der Waals surface area contributed by atoms with Gasteiger partial charge in [0, 0.05) is 41.9 Å². The van der Waals surface area contributed by atoms with Gasteiger partial charge in [-0.1, -0.05) is 56.5 Å². The molecule has 2 aromatic rings. The highest BCUT2D eigenvalue weighted by atomic mass is 35.5. The van der Waals surface area contributed by atoms with Crippen LogP contribution in [0.1, 0.15) is 75.7 Å². The molecule has 2 aromatic carbocycles. The Balaban J connectivity index is 0.00000616. The molecule has 4 N–H and O–H groups in total.